The van der Waals surface area contributed by atoms with Crippen molar-refractivity contribution >= 4 is 29.2 Å². The van der Waals surface area contributed by atoms with Crippen LogP contribution in [-0.4, -0.2) is 77.9 Å². The Labute approximate surface area is 123 Å². The van der Waals surface area contributed by atoms with Crippen LogP contribution in [0.25, 0.3) is 0 Å². The standard InChI is InChI=1S/C9H18Cl2N2O2.C2H4O2/c10-3-8(14)5-12-1-2-13(7-12)6-9(15)4-11;1-2(3)4/h8-9,14-15H,1-7H2;1H3,(H,3,4). The molecule has 0 aromatic carbocycles. The molecule has 0 aliphatic carbocycles. The molecule has 1 heterocycles. The van der Waals surface area contributed by atoms with Crippen LogP contribution in [0.1, 0.15) is 6.92 Å². The number of β-amino-alcohol motifs (C(OH)–C–C–N with tert-alkyl or cyclic N) is 1. The zero-order valence-electron chi connectivity index (χ0n) is 11.0. The minimum absolute atomic E-state index is 0.274. The molecule has 19 heavy (non-hydrogen) atoms. The Morgan fingerprint density at radius 1 is 1.37 bits per heavy atom. The molecule has 1 saturated heterocycles. The molecule has 0 spiro atoms. The van der Waals surface area contributed by atoms with Crippen molar-refractivity contribution in [2.75, 3.05) is 44.6 Å². The second-order valence-corrected chi connectivity index (χ2v) is 5.16. The normalized spacial score (nSPS) is 22.5. The summed E-state index contributed by atoms with van der Waals surface area (Å²) in [6.07, 6.45) is -0.886. The van der Waals surface area contributed by atoms with Crippen LogP contribution in [0.2, 0.25) is 0 Å². The second-order valence-electron chi connectivity index (χ2n) is 4.55. The van der Waals surface area contributed by atoms with E-state index in [1.54, 1.807) is 0 Å². The van der Waals surface area contributed by atoms with E-state index in [9.17, 15) is 10.2 Å². The van der Waals surface area contributed by atoms with Crippen molar-refractivity contribution in [1.29, 1.82) is 0 Å². The molecule has 1 fully saturated rings. The average molecular weight is 317 g/mol. The quantitative estimate of drug-likeness (QED) is 0.458. The zero-order chi connectivity index (χ0) is 14.8. The van der Waals surface area contributed by atoms with E-state index in [0.29, 0.717) is 13.1 Å². The summed E-state index contributed by atoms with van der Waals surface area (Å²) < 4.78 is 0. The molecule has 114 valence electrons. The highest BCUT2D eigenvalue weighted by molar-refractivity contribution is 6.18. The Kier molecular flexibility index (Phi) is 10.6. The Hall–Kier alpha value is -0.110. The zero-order valence-corrected chi connectivity index (χ0v) is 12.5. The molecule has 0 aromatic rings. The molecule has 0 aromatic heterocycles. The lowest BCUT2D eigenvalue weighted by molar-refractivity contribution is -0.894. The second kappa shape index (κ2) is 10.7. The van der Waals surface area contributed by atoms with Gasteiger partial charge >= 0.3 is 0 Å². The first-order valence-electron chi connectivity index (χ1n) is 6.10. The molecule has 3 atom stereocenters. The maximum absolute atomic E-state index is 9.39. The Morgan fingerprint density at radius 2 is 1.89 bits per heavy atom. The van der Waals surface area contributed by atoms with Gasteiger partial charge in [-0.1, -0.05) is 0 Å². The molecule has 1 aliphatic rings. The summed E-state index contributed by atoms with van der Waals surface area (Å²) >= 11 is 11.1. The lowest BCUT2D eigenvalue weighted by Crippen LogP contribution is -3.12. The number of carbonyl (C=O) groups excluding carboxylic acids is 1. The number of alkyl halides is 2. The lowest BCUT2D eigenvalue weighted by atomic mass is 10.4. The van der Waals surface area contributed by atoms with Crippen LogP contribution in [0.3, 0.4) is 0 Å². The van der Waals surface area contributed by atoms with E-state index in [0.717, 1.165) is 26.7 Å². The Morgan fingerprint density at radius 3 is 2.37 bits per heavy atom. The van der Waals surface area contributed by atoms with Crippen LogP contribution in [0.15, 0.2) is 0 Å². The van der Waals surface area contributed by atoms with Crippen molar-refractivity contribution < 1.29 is 25.0 Å². The summed E-state index contributed by atoms with van der Waals surface area (Å²) in [5.41, 5.74) is 0. The highest BCUT2D eigenvalue weighted by atomic mass is 35.5. The molecule has 6 nitrogen and oxygen atoms in total. The summed E-state index contributed by atoms with van der Waals surface area (Å²) in [4.78, 5) is 12.4. The van der Waals surface area contributed by atoms with Crippen LogP contribution in [0, 0.1) is 0 Å². The molecule has 0 saturated carbocycles. The Bertz CT molecular complexity index is 237. The van der Waals surface area contributed by atoms with Crippen LogP contribution in [0.5, 0.6) is 0 Å². The molecule has 1 rings (SSSR count). The highest BCUT2D eigenvalue weighted by Gasteiger charge is 2.26. The highest BCUT2D eigenvalue weighted by Crippen LogP contribution is 1.95. The molecule has 0 bridgehead atoms. The van der Waals surface area contributed by atoms with Crippen molar-refractivity contribution in [1.82, 2.24) is 4.90 Å². The maximum atomic E-state index is 9.39. The number of aliphatic carboxylic acids is 1. The van der Waals surface area contributed by atoms with E-state index in [1.807, 2.05) is 0 Å². The van der Waals surface area contributed by atoms with Crippen LogP contribution in [-0.2, 0) is 4.79 Å². The lowest BCUT2D eigenvalue weighted by Gasteiger charge is -2.18. The molecule has 1 aliphatic heterocycles. The summed E-state index contributed by atoms with van der Waals surface area (Å²) in [7, 11) is 0. The topological polar surface area (TPSA) is 88.3 Å². The number of hydrogen-bond acceptors (Lipinski definition) is 5. The number of aliphatic hydroxyl groups is 2. The average Bonchev–Trinajstić information content (AvgIpc) is 2.75. The monoisotopic (exact) mass is 316 g/mol. The predicted octanol–water partition coefficient (Wildman–Crippen LogP) is -2.90. The van der Waals surface area contributed by atoms with Crippen molar-refractivity contribution in [3.8, 4) is 0 Å². The largest absolute Gasteiger partial charge is 0.550 e. The van der Waals surface area contributed by atoms with Gasteiger partial charge in [0.25, 0.3) is 0 Å². The van der Waals surface area contributed by atoms with Crippen LogP contribution < -0.4 is 10.0 Å². The number of nitrogens with zero attached hydrogens (tertiary/aromatic N) is 1. The van der Waals surface area contributed by atoms with E-state index < -0.39 is 18.2 Å². The SMILES string of the molecule is CC(=O)[O-].OC(CCl)CN1CC[NH+](CC(O)CCl)C1. The van der Waals surface area contributed by atoms with Gasteiger partial charge in [0, 0.05) is 18.4 Å². The van der Waals surface area contributed by atoms with Crippen molar-refractivity contribution in [3.63, 3.8) is 0 Å². The number of nitrogens with one attached hydrogen (secondary N) is 1. The first-order valence-corrected chi connectivity index (χ1v) is 7.17. The van der Waals surface area contributed by atoms with E-state index >= 15 is 0 Å². The van der Waals surface area contributed by atoms with Gasteiger partial charge in [-0.3, -0.25) is 0 Å². The number of rotatable bonds is 6. The van der Waals surface area contributed by atoms with E-state index in [1.165, 1.54) is 4.90 Å². The number of halogens is 2. The molecular weight excluding hydrogens is 295 g/mol. The fourth-order valence-electron chi connectivity index (χ4n) is 1.85. The van der Waals surface area contributed by atoms with Gasteiger partial charge < -0.3 is 25.0 Å². The number of carbonyl (C=O) groups is 1. The fraction of sp³-hybridized carbons (Fsp3) is 0.909. The van der Waals surface area contributed by atoms with Gasteiger partial charge in [0.1, 0.15) is 19.3 Å². The van der Waals surface area contributed by atoms with Gasteiger partial charge in [0.15, 0.2) is 0 Å². The minimum Gasteiger partial charge on any atom is -0.550 e. The van der Waals surface area contributed by atoms with Gasteiger partial charge in [-0.15, -0.1) is 23.2 Å². The van der Waals surface area contributed by atoms with Gasteiger partial charge in [-0.2, -0.15) is 0 Å². The van der Waals surface area contributed by atoms with Gasteiger partial charge in [0.2, 0.25) is 0 Å². The summed E-state index contributed by atoms with van der Waals surface area (Å²) in [6, 6.07) is 0. The molecule has 0 radical (unpaired) electrons. The molecule has 3 N–H and O–H groups in total. The van der Waals surface area contributed by atoms with Crippen molar-refractivity contribution in [3.05, 3.63) is 0 Å². The molecular formula is C11H22Cl2N2O4. The van der Waals surface area contributed by atoms with Gasteiger partial charge in [-0.25, -0.2) is 4.90 Å². The first kappa shape index (κ1) is 18.9. The number of aliphatic hydroxyl groups excluding tert-OH is 2. The summed E-state index contributed by atoms with van der Waals surface area (Å²) in [5.74, 6) is -0.524. The maximum Gasteiger partial charge on any atom is 0.133 e. The minimum atomic E-state index is -1.08. The van der Waals surface area contributed by atoms with E-state index in [2.05, 4.69) is 4.90 Å². The van der Waals surface area contributed by atoms with Crippen molar-refractivity contribution in [2.24, 2.45) is 0 Å². The molecule has 3 unspecified atom stereocenters. The van der Waals surface area contributed by atoms with Gasteiger partial charge in [0.05, 0.1) is 25.1 Å². The predicted molar refractivity (Wildman–Crippen MR) is 71.3 cm³/mol. The van der Waals surface area contributed by atoms with Crippen LogP contribution >= 0.6 is 23.2 Å². The Balaban J connectivity index is 0.000000711. The number of carboxylic acid groups (broad SMARTS) is 1. The summed E-state index contributed by atoms with van der Waals surface area (Å²) in [5, 5.41) is 27.7. The molecule has 8 heteroatoms. The van der Waals surface area contributed by atoms with Crippen LogP contribution in [0.4, 0.5) is 0 Å². The van der Waals surface area contributed by atoms with E-state index in [4.69, 9.17) is 33.1 Å². The third-order valence-corrected chi connectivity index (χ3v) is 3.29. The third kappa shape index (κ3) is 10.4. The first-order chi connectivity index (χ1) is 8.88. The van der Waals surface area contributed by atoms with Gasteiger partial charge in [-0.05, 0) is 6.92 Å². The fourth-order valence-corrected chi connectivity index (χ4v) is 2.05. The molecule has 0 amide bonds. The third-order valence-electron chi connectivity index (χ3n) is 2.58. The van der Waals surface area contributed by atoms with E-state index in [-0.39, 0.29) is 11.8 Å². The number of carboxylic acids is 1. The summed E-state index contributed by atoms with van der Waals surface area (Å²) in [6.45, 7) is 5.05. The smallest absolute Gasteiger partial charge is 0.133 e. The number of quaternary nitrogens is 1. The number of hydrogen-bond donors (Lipinski definition) is 3. The van der Waals surface area contributed by atoms with Crippen molar-refractivity contribution in [2.45, 2.75) is 19.1 Å².